The topological polar surface area (TPSA) is 42.1 Å². The van der Waals surface area contributed by atoms with Crippen LogP contribution in [-0.4, -0.2) is 23.1 Å². The Labute approximate surface area is 131 Å². The van der Waals surface area contributed by atoms with Gasteiger partial charge in [0.05, 0.1) is 5.52 Å². The molecule has 1 saturated heterocycles. The lowest BCUT2D eigenvalue weighted by molar-refractivity contribution is 0.529. The zero-order valence-electron chi connectivity index (χ0n) is 12.4. The van der Waals surface area contributed by atoms with Crippen LogP contribution in [0.5, 0.6) is 0 Å². The second-order valence-electron chi connectivity index (χ2n) is 5.80. The third-order valence-electron chi connectivity index (χ3n) is 4.27. The minimum atomic E-state index is 0.444. The number of aromatic nitrogens is 1. The molecule has 1 aliphatic rings. The van der Waals surface area contributed by atoms with E-state index in [0.29, 0.717) is 4.99 Å². The highest BCUT2D eigenvalue weighted by Crippen LogP contribution is 2.28. The van der Waals surface area contributed by atoms with Crippen molar-refractivity contribution in [1.82, 2.24) is 4.98 Å². The summed E-state index contributed by atoms with van der Waals surface area (Å²) in [5, 5.41) is 1.04. The van der Waals surface area contributed by atoms with E-state index in [2.05, 4.69) is 17.9 Å². The first-order chi connectivity index (χ1) is 10.2. The number of nitrogens with zero attached hydrogens (tertiary/aromatic N) is 2. The molecule has 1 aliphatic heterocycles. The quantitative estimate of drug-likeness (QED) is 0.878. The predicted octanol–water partition coefficient (Wildman–Crippen LogP) is 3.50. The summed E-state index contributed by atoms with van der Waals surface area (Å²) in [6.07, 6.45) is 3.80. The molecule has 3 nitrogen and oxygen atoms in total. The van der Waals surface area contributed by atoms with Crippen LogP contribution in [-0.2, 0) is 0 Å². The summed E-state index contributed by atoms with van der Waals surface area (Å²) in [4.78, 5) is 7.62. The number of hydrogen-bond acceptors (Lipinski definition) is 3. The molecule has 1 aromatic carbocycles. The molecule has 0 bridgehead atoms. The highest BCUT2D eigenvalue weighted by molar-refractivity contribution is 7.80. The number of pyridine rings is 1. The Morgan fingerprint density at radius 3 is 3.00 bits per heavy atom. The summed E-state index contributed by atoms with van der Waals surface area (Å²) < 4.78 is 0. The molecule has 0 amide bonds. The number of para-hydroxylation sites is 1. The maximum Gasteiger partial charge on any atom is 0.129 e. The molecule has 3 rings (SSSR count). The van der Waals surface area contributed by atoms with Crippen molar-refractivity contribution in [2.24, 2.45) is 11.7 Å². The Bertz CT molecular complexity index is 668. The molecule has 1 unspecified atom stereocenters. The van der Waals surface area contributed by atoms with E-state index >= 15 is 0 Å². The Morgan fingerprint density at radius 1 is 1.43 bits per heavy atom. The van der Waals surface area contributed by atoms with Crippen LogP contribution in [0.25, 0.3) is 10.9 Å². The molecule has 110 valence electrons. The van der Waals surface area contributed by atoms with Gasteiger partial charge >= 0.3 is 0 Å². The Hall–Kier alpha value is -1.68. The summed E-state index contributed by atoms with van der Waals surface area (Å²) >= 11 is 5.22. The van der Waals surface area contributed by atoms with Gasteiger partial charge in [-0.25, -0.2) is 4.98 Å². The van der Waals surface area contributed by atoms with Crippen molar-refractivity contribution in [2.45, 2.75) is 26.2 Å². The molecular formula is C17H21N3S. The first kappa shape index (κ1) is 14.3. The number of benzene rings is 1. The molecule has 0 radical (unpaired) electrons. The van der Waals surface area contributed by atoms with Crippen LogP contribution in [0, 0.1) is 5.92 Å². The van der Waals surface area contributed by atoms with Crippen LogP contribution >= 0.6 is 12.2 Å². The van der Waals surface area contributed by atoms with Gasteiger partial charge in [0.15, 0.2) is 0 Å². The monoisotopic (exact) mass is 299 g/mol. The molecule has 4 heteroatoms. The molecule has 0 saturated carbocycles. The van der Waals surface area contributed by atoms with Crippen LogP contribution in [0.15, 0.2) is 30.3 Å². The molecule has 0 aliphatic carbocycles. The lowest BCUT2D eigenvalue weighted by atomic mass is 10.0. The number of fused-ring (bicyclic) bond motifs is 1. The minimum absolute atomic E-state index is 0.444. The normalized spacial score (nSPS) is 18.3. The molecular weight excluding hydrogens is 278 g/mol. The van der Waals surface area contributed by atoms with Crippen molar-refractivity contribution in [3.8, 4) is 0 Å². The Kier molecular flexibility index (Phi) is 4.06. The highest BCUT2D eigenvalue weighted by Gasteiger charge is 2.23. The van der Waals surface area contributed by atoms with E-state index in [0.717, 1.165) is 41.3 Å². The van der Waals surface area contributed by atoms with Crippen LogP contribution in [0.4, 0.5) is 5.82 Å². The summed E-state index contributed by atoms with van der Waals surface area (Å²) in [6.45, 7) is 4.42. The average molecular weight is 299 g/mol. The minimum Gasteiger partial charge on any atom is -0.389 e. The van der Waals surface area contributed by atoms with Crippen molar-refractivity contribution >= 4 is 33.9 Å². The summed E-state index contributed by atoms with van der Waals surface area (Å²) in [6, 6.07) is 10.1. The van der Waals surface area contributed by atoms with Crippen LogP contribution in [0.2, 0.25) is 0 Å². The molecule has 1 fully saturated rings. The van der Waals surface area contributed by atoms with Gasteiger partial charge in [-0.3, -0.25) is 0 Å². The van der Waals surface area contributed by atoms with E-state index in [1.807, 2.05) is 24.3 Å². The van der Waals surface area contributed by atoms with Gasteiger partial charge in [0.25, 0.3) is 0 Å². The number of rotatable bonds is 4. The van der Waals surface area contributed by atoms with Crippen molar-refractivity contribution < 1.29 is 0 Å². The summed E-state index contributed by atoms with van der Waals surface area (Å²) in [7, 11) is 0. The van der Waals surface area contributed by atoms with Crippen LogP contribution in [0.3, 0.4) is 0 Å². The largest absolute Gasteiger partial charge is 0.389 e. The first-order valence-corrected chi connectivity index (χ1v) is 8.04. The lowest BCUT2D eigenvalue weighted by Gasteiger charge is -2.19. The van der Waals surface area contributed by atoms with Gasteiger partial charge in [-0.05, 0) is 30.9 Å². The van der Waals surface area contributed by atoms with E-state index in [9.17, 15) is 0 Å². The third kappa shape index (κ3) is 2.86. The van der Waals surface area contributed by atoms with Crippen molar-refractivity contribution in [3.05, 3.63) is 35.9 Å². The Morgan fingerprint density at radius 2 is 2.24 bits per heavy atom. The highest BCUT2D eigenvalue weighted by atomic mass is 32.1. The molecule has 0 spiro atoms. The molecule has 2 heterocycles. The number of anilines is 1. The van der Waals surface area contributed by atoms with Gasteiger partial charge in [0.1, 0.15) is 10.8 Å². The van der Waals surface area contributed by atoms with Gasteiger partial charge in [-0.1, -0.05) is 43.8 Å². The van der Waals surface area contributed by atoms with Crippen LogP contribution in [0.1, 0.15) is 31.7 Å². The fourth-order valence-electron chi connectivity index (χ4n) is 3.21. The fraction of sp³-hybridized carbons (Fsp3) is 0.412. The average Bonchev–Trinajstić information content (AvgIpc) is 2.95. The SMILES string of the molecule is CCCC1CCN(c2cc(C(N)=S)c3ccccc3n2)C1. The van der Waals surface area contributed by atoms with E-state index in [-0.39, 0.29) is 0 Å². The Balaban J connectivity index is 1.98. The zero-order chi connectivity index (χ0) is 14.8. The van der Waals surface area contributed by atoms with Gasteiger partial charge in [-0.15, -0.1) is 0 Å². The van der Waals surface area contributed by atoms with Gasteiger partial charge in [-0.2, -0.15) is 0 Å². The fourth-order valence-corrected chi connectivity index (χ4v) is 3.38. The predicted molar refractivity (Wildman–Crippen MR) is 92.9 cm³/mol. The van der Waals surface area contributed by atoms with E-state index in [1.54, 1.807) is 0 Å². The maximum absolute atomic E-state index is 5.91. The number of nitrogens with two attached hydrogens (primary N) is 1. The van der Waals surface area contributed by atoms with Gasteiger partial charge < -0.3 is 10.6 Å². The van der Waals surface area contributed by atoms with Crippen LogP contribution < -0.4 is 10.6 Å². The second kappa shape index (κ2) is 5.98. The zero-order valence-corrected chi connectivity index (χ0v) is 13.2. The second-order valence-corrected chi connectivity index (χ2v) is 6.24. The smallest absolute Gasteiger partial charge is 0.129 e. The summed E-state index contributed by atoms with van der Waals surface area (Å²) in [5.74, 6) is 1.80. The van der Waals surface area contributed by atoms with Crippen molar-refractivity contribution in [1.29, 1.82) is 0 Å². The van der Waals surface area contributed by atoms with E-state index in [1.165, 1.54) is 19.3 Å². The standard InChI is InChI=1S/C17H21N3S/c1-2-5-12-8-9-20(11-12)16-10-14(17(18)21)13-6-3-4-7-15(13)19-16/h3-4,6-7,10,12H,2,5,8-9,11H2,1H3,(H2,18,21). The molecule has 1 aromatic heterocycles. The maximum atomic E-state index is 5.91. The number of hydrogen-bond donors (Lipinski definition) is 1. The van der Waals surface area contributed by atoms with Crippen molar-refractivity contribution in [2.75, 3.05) is 18.0 Å². The third-order valence-corrected chi connectivity index (χ3v) is 4.49. The van der Waals surface area contributed by atoms with Gasteiger partial charge in [0, 0.05) is 24.0 Å². The first-order valence-electron chi connectivity index (χ1n) is 7.63. The van der Waals surface area contributed by atoms with Crippen molar-refractivity contribution in [3.63, 3.8) is 0 Å². The molecule has 1 atom stereocenters. The molecule has 2 aromatic rings. The van der Waals surface area contributed by atoms with Gasteiger partial charge in [0.2, 0.25) is 0 Å². The van der Waals surface area contributed by atoms with E-state index < -0.39 is 0 Å². The molecule has 2 N–H and O–H groups in total. The lowest BCUT2D eigenvalue weighted by Crippen LogP contribution is -2.22. The molecule has 21 heavy (non-hydrogen) atoms. The number of thiocarbonyl (C=S) groups is 1. The van der Waals surface area contributed by atoms with E-state index in [4.69, 9.17) is 22.9 Å². The summed E-state index contributed by atoms with van der Waals surface area (Å²) in [5.41, 5.74) is 7.81.